The summed E-state index contributed by atoms with van der Waals surface area (Å²) in [5.41, 5.74) is 3.21. The number of benzene rings is 1. The summed E-state index contributed by atoms with van der Waals surface area (Å²) in [6.45, 7) is 3.99. The van der Waals surface area contributed by atoms with E-state index in [4.69, 9.17) is 17.0 Å². The standard InChI is InChI=1S/C16H16N4O3S/c1-2-6-23-13-5-3-4-11(7-13)10-17-20-15(22)9-12-8-14(21)19-16(24)18-12/h2-5,7-8,10H,1,6,9H2,(H,20,22)(H2,18,19,21,24)/b17-10-. The van der Waals surface area contributed by atoms with Gasteiger partial charge in [-0.3, -0.25) is 14.6 Å². The third kappa shape index (κ3) is 5.65. The lowest BCUT2D eigenvalue weighted by molar-refractivity contribution is -0.120. The van der Waals surface area contributed by atoms with E-state index in [0.29, 0.717) is 18.1 Å². The van der Waals surface area contributed by atoms with E-state index in [9.17, 15) is 9.59 Å². The Morgan fingerprint density at radius 1 is 1.38 bits per heavy atom. The normalized spacial score (nSPS) is 10.5. The molecule has 8 heteroatoms. The molecule has 2 rings (SSSR count). The van der Waals surface area contributed by atoms with Crippen LogP contribution in [0.2, 0.25) is 0 Å². The summed E-state index contributed by atoms with van der Waals surface area (Å²) >= 11 is 4.84. The molecule has 7 nitrogen and oxygen atoms in total. The SMILES string of the molecule is C=CCOc1cccc(/C=N\NC(=O)Cc2cc(=O)[nH]c(=S)[nH]2)c1. The monoisotopic (exact) mass is 344 g/mol. The highest BCUT2D eigenvalue weighted by molar-refractivity contribution is 7.71. The molecule has 24 heavy (non-hydrogen) atoms. The van der Waals surface area contributed by atoms with Crippen molar-refractivity contribution in [1.29, 1.82) is 0 Å². The molecule has 0 aliphatic rings. The highest BCUT2D eigenvalue weighted by atomic mass is 32.1. The minimum atomic E-state index is -0.374. The Morgan fingerprint density at radius 2 is 2.21 bits per heavy atom. The van der Waals surface area contributed by atoms with Crippen molar-refractivity contribution in [3.05, 3.63) is 69.4 Å². The van der Waals surface area contributed by atoms with Gasteiger partial charge in [0.2, 0.25) is 5.91 Å². The molecule has 0 aliphatic heterocycles. The number of hydrogen-bond donors (Lipinski definition) is 3. The fourth-order valence-corrected chi connectivity index (χ4v) is 2.08. The van der Waals surface area contributed by atoms with Gasteiger partial charge in [0.15, 0.2) is 4.77 Å². The van der Waals surface area contributed by atoms with Crippen LogP contribution in [-0.4, -0.2) is 28.7 Å². The van der Waals surface area contributed by atoms with Gasteiger partial charge in [0.25, 0.3) is 5.56 Å². The van der Waals surface area contributed by atoms with Crippen LogP contribution in [-0.2, 0) is 11.2 Å². The number of amides is 1. The van der Waals surface area contributed by atoms with Crippen molar-refractivity contribution in [1.82, 2.24) is 15.4 Å². The summed E-state index contributed by atoms with van der Waals surface area (Å²) in [5.74, 6) is 0.308. The molecule has 1 heterocycles. The molecule has 0 spiro atoms. The van der Waals surface area contributed by atoms with Gasteiger partial charge in [-0.2, -0.15) is 5.10 Å². The zero-order chi connectivity index (χ0) is 17.4. The highest BCUT2D eigenvalue weighted by Crippen LogP contribution is 2.11. The number of nitrogens with one attached hydrogen (secondary N) is 3. The van der Waals surface area contributed by atoms with E-state index in [1.165, 1.54) is 12.3 Å². The number of ether oxygens (including phenoxy) is 1. The van der Waals surface area contributed by atoms with Crippen LogP contribution in [0.4, 0.5) is 0 Å². The van der Waals surface area contributed by atoms with Gasteiger partial charge in [0.05, 0.1) is 12.6 Å². The maximum Gasteiger partial charge on any atom is 0.251 e. The zero-order valence-corrected chi connectivity index (χ0v) is 13.6. The number of hydrogen-bond acceptors (Lipinski definition) is 5. The van der Waals surface area contributed by atoms with Crippen LogP contribution in [0.5, 0.6) is 5.75 Å². The summed E-state index contributed by atoms with van der Waals surface area (Å²) in [6, 6.07) is 8.52. The van der Waals surface area contributed by atoms with E-state index < -0.39 is 0 Å². The van der Waals surface area contributed by atoms with Gasteiger partial charge in [0.1, 0.15) is 12.4 Å². The summed E-state index contributed by atoms with van der Waals surface area (Å²) in [5, 5.41) is 3.88. The van der Waals surface area contributed by atoms with E-state index in [2.05, 4.69) is 27.1 Å². The van der Waals surface area contributed by atoms with Gasteiger partial charge < -0.3 is 9.72 Å². The van der Waals surface area contributed by atoms with Gasteiger partial charge >= 0.3 is 0 Å². The summed E-state index contributed by atoms with van der Waals surface area (Å²) in [7, 11) is 0. The van der Waals surface area contributed by atoms with E-state index in [-0.39, 0.29) is 22.7 Å². The van der Waals surface area contributed by atoms with Crippen molar-refractivity contribution in [3.63, 3.8) is 0 Å². The van der Waals surface area contributed by atoms with Crippen LogP contribution >= 0.6 is 12.2 Å². The first-order valence-electron chi connectivity index (χ1n) is 7.05. The molecule has 1 aromatic heterocycles. The van der Waals surface area contributed by atoms with E-state index in [0.717, 1.165) is 5.56 Å². The van der Waals surface area contributed by atoms with Gasteiger partial charge in [-0.25, -0.2) is 5.43 Å². The first kappa shape index (κ1) is 17.4. The zero-order valence-electron chi connectivity index (χ0n) is 12.7. The molecule has 0 saturated heterocycles. The Bertz CT molecular complexity index is 842. The minimum absolute atomic E-state index is 0.0343. The van der Waals surface area contributed by atoms with E-state index in [1.54, 1.807) is 12.1 Å². The van der Waals surface area contributed by atoms with Gasteiger partial charge in [-0.1, -0.05) is 24.8 Å². The van der Waals surface area contributed by atoms with E-state index in [1.807, 2.05) is 18.2 Å². The van der Waals surface area contributed by atoms with Gasteiger partial charge in [0, 0.05) is 11.8 Å². The van der Waals surface area contributed by atoms with Crippen LogP contribution in [0.3, 0.4) is 0 Å². The Labute approximate surface area is 143 Å². The number of hydrazone groups is 1. The number of carbonyl (C=O) groups excluding carboxylic acids is 1. The molecule has 0 radical (unpaired) electrons. The van der Waals surface area contributed by atoms with Crippen molar-refractivity contribution in [2.24, 2.45) is 5.10 Å². The molecule has 0 aliphatic carbocycles. The Kier molecular flexibility index (Phi) is 6.21. The van der Waals surface area contributed by atoms with Crippen LogP contribution in [0.15, 0.2) is 52.9 Å². The van der Waals surface area contributed by atoms with Gasteiger partial charge in [-0.15, -0.1) is 0 Å². The molecule has 0 unspecified atom stereocenters. The smallest absolute Gasteiger partial charge is 0.251 e. The molecular weight excluding hydrogens is 328 g/mol. The second kappa shape index (κ2) is 8.59. The quantitative estimate of drug-likeness (QED) is 0.308. The molecule has 0 atom stereocenters. The first-order valence-corrected chi connectivity index (χ1v) is 7.46. The lowest BCUT2D eigenvalue weighted by atomic mass is 10.2. The fourth-order valence-electron chi connectivity index (χ4n) is 1.85. The number of aromatic amines is 2. The van der Waals surface area contributed by atoms with Crippen LogP contribution in [0, 0.1) is 4.77 Å². The predicted molar refractivity (Wildman–Crippen MR) is 93.8 cm³/mol. The van der Waals surface area contributed by atoms with Crippen LogP contribution in [0.25, 0.3) is 0 Å². The average Bonchev–Trinajstić information content (AvgIpc) is 2.52. The minimum Gasteiger partial charge on any atom is -0.490 e. The topological polar surface area (TPSA) is 99.3 Å². The number of rotatable bonds is 7. The summed E-state index contributed by atoms with van der Waals surface area (Å²) < 4.78 is 5.58. The number of nitrogens with zero attached hydrogens (tertiary/aromatic N) is 1. The second-order valence-corrected chi connectivity index (χ2v) is 5.16. The third-order valence-corrected chi connectivity index (χ3v) is 3.00. The molecule has 124 valence electrons. The fraction of sp³-hybridized carbons (Fsp3) is 0.125. The predicted octanol–water partition coefficient (Wildman–Crippen LogP) is 1.69. The van der Waals surface area contributed by atoms with Crippen molar-refractivity contribution in [2.45, 2.75) is 6.42 Å². The Morgan fingerprint density at radius 3 is 2.96 bits per heavy atom. The van der Waals surface area contributed by atoms with Gasteiger partial charge in [-0.05, 0) is 29.9 Å². The van der Waals surface area contributed by atoms with E-state index >= 15 is 0 Å². The Hall–Kier alpha value is -3.00. The van der Waals surface area contributed by atoms with Crippen molar-refractivity contribution >= 4 is 24.3 Å². The number of carbonyl (C=O) groups is 1. The largest absolute Gasteiger partial charge is 0.490 e. The van der Waals surface area contributed by atoms with Crippen molar-refractivity contribution < 1.29 is 9.53 Å². The molecule has 1 amide bonds. The maximum atomic E-state index is 11.8. The third-order valence-electron chi connectivity index (χ3n) is 2.80. The van der Waals surface area contributed by atoms with Crippen LogP contribution in [0.1, 0.15) is 11.3 Å². The molecule has 0 bridgehead atoms. The molecule has 2 aromatic rings. The summed E-state index contributed by atoms with van der Waals surface area (Å²) in [6.07, 6.45) is 3.12. The van der Waals surface area contributed by atoms with Crippen LogP contribution < -0.4 is 15.7 Å². The molecule has 3 N–H and O–H groups in total. The average molecular weight is 344 g/mol. The number of aromatic nitrogens is 2. The molecule has 0 fully saturated rings. The van der Waals surface area contributed by atoms with Crippen molar-refractivity contribution in [3.8, 4) is 5.75 Å². The second-order valence-electron chi connectivity index (χ2n) is 4.76. The summed E-state index contributed by atoms with van der Waals surface area (Å²) in [4.78, 5) is 28.2. The lowest BCUT2D eigenvalue weighted by Gasteiger charge is -2.03. The molecule has 0 saturated carbocycles. The Balaban J connectivity index is 1.93. The first-order chi connectivity index (χ1) is 11.6. The lowest BCUT2D eigenvalue weighted by Crippen LogP contribution is -2.21. The highest BCUT2D eigenvalue weighted by Gasteiger charge is 2.03. The number of H-pyrrole nitrogens is 2. The molecule has 1 aromatic carbocycles. The van der Waals surface area contributed by atoms with Crippen molar-refractivity contribution in [2.75, 3.05) is 6.61 Å². The molecular formula is C16H16N4O3S. The maximum absolute atomic E-state index is 11.8.